The summed E-state index contributed by atoms with van der Waals surface area (Å²) in [5, 5.41) is 7.43. The summed E-state index contributed by atoms with van der Waals surface area (Å²) in [4.78, 5) is 27.3. The van der Waals surface area contributed by atoms with Gasteiger partial charge in [0.15, 0.2) is 5.13 Å². The normalized spacial score (nSPS) is 10.2. The number of thiazole rings is 1. The summed E-state index contributed by atoms with van der Waals surface area (Å²) in [6, 6.07) is 5.27. The van der Waals surface area contributed by atoms with E-state index in [2.05, 4.69) is 15.6 Å². The minimum atomic E-state index is -0.391. The zero-order chi connectivity index (χ0) is 15.2. The molecule has 0 fully saturated rings. The van der Waals surface area contributed by atoms with Crippen molar-refractivity contribution in [2.24, 2.45) is 0 Å². The van der Waals surface area contributed by atoms with E-state index >= 15 is 0 Å². The summed E-state index contributed by atoms with van der Waals surface area (Å²) in [6.07, 6.45) is 0.869. The fourth-order valence-electron chi connectivity index (χ4n) is 1.62. The first-order chi connectivity index (χ1) is 10.1. The van der Waals surface area contributed by atoms with Gasteiger partial charge in [-0.15, -0.1) is 11.3 Å². The number of halogens is 1. The van der Waals surface area contributed by atoms with Crippen molar-refractivity contribution in [3.05, 3.63) is 46.7 Å². The summed E-state index contributed by atoms with van der Waals surface area (Å²) in [5.74, 6) is -0.792. The van der Waals surface area contributed by atoms with Crippen LogP contribution < -0.4 is 10.6 Å². The van der Waals surface area contributed by atoms with Crippen LogP contribution in [0.1, 0.15) is 22.5 Å². The highest BCUT2D eigenvalue weighted by Gasteiger charge is 2.10. The van der Waals surface area contributed by atoms with Crippen LogP contribution in [0.3, 0.4) is 0 Å². The lowest BCUT2D eigenvalue weighted by Gasteiger charge is -2.01. The van der Waals surface area contributed by atoms with Gasteiger partial charge in [0.2, 0.25) is 5.91 Å². The number of benzene rings is 1. The molecule has 0 saturated carbocycles. The van der Waals surface area contributed by atoms with E-state index in [1.807, 2.05) is 0 Å². The van der Waals surface area contributed by atoms with Crippen molar-refractivity contribution in [1.82, 2.24) is 10.3 Å². The van der Waals surface area contributed by atoms with Crippen LogP contribution in [0.4, 0.5) is 9.52 Å². The van der Waals surface area contributed by atoms with Crippen LogP contribution in [0.15, 0.2) is 29.6 Å². The molecule has 2 rings (SSSR count). The standard InChI is InChI=1S/C14H14FN3O2S/c1-16-12(19)7-6-11-8-21-14(17-11)18-13(20)9-2-4-10(15)5-3-9/h2-5,8H,6-7H2,1H3,(H,16,19)(H,17,18,20). The molecule has 0 radical (unpaired) electrons. The van der Waals surface area contributed by atoms with Gasteiger partial charge in [-0.3, -0.25) is 14.9 Å². The van der Waals surface area contributed by atoms with Gasteiger partial charge in [-0.25, -0.2) is 9.37 Å². The molecule has 1 heterocycles. The fourth-order valence-corrected chi connectivity index (χ4v) is 2.36. The number of hydrogen-bond donors (Lipinski definition) is 2. The van der Waals surface area contributed by atoms with Crippen LogP contribution in [0.2, 0.25) is 0 Å². The highest BCUT2D eigenvalue weighted by atomic mass is 32.1. The van der Waals surface area contributed by atoms with Gasteiger partial charge in [-0.1, -0.05) is 0 Å². The van der Waals surface area contributed by atoms with Crippen LogP contribution >= 0.6 is 11.3 Å². The van der Waals surface area contributed by atoms with Crippen molar-refractivity contribution in [3.63, 3.8) is 0 Å². The van der Waals surface area contributed by atoms with Gasteiger partial charge < -0.3 is 5.32 Å². The van der Waals surface area contributed by atoms with Crippen molar-refractivity contribution in [2.75, 3.05) is 12.4 Å². The summed E-state index contributed by atoms with van der Waals surface area (Å²) in [6.45, 7) is 0. The Labute approximate surface area is 125 Å². The first-order valence-corrected chi connectivity index (χ1v) is 7.18. The van der Waals surface area contributed by atoms with E-state index < -0.39 is 5.82 Å². The van der Waals surface area contributed by atoms with E-state index in [9.17, 15) is 14.0 Å². The van der Waals surface area contributed by atoms with Crippen molar-refractivity contribution >= 4 is 28.3 Å². The number of aromatic nitrogens is 1. The molecule has 5 nitrogen and oxygen atoms in total. The molecule has 0 aliphatic carbocycles. The molecular formula is C14H14FN3O2S. The van der Waals surface area contributed by atoms with Crippen LogP contribution in [-0.2, 0) is 11.2 Å². The van der Waals surface area contributed by atoms with Crippen LogP contribution in [0.5, 0.6) is 0 Å². The number of carbonyl (C=O) groups excluding carboxylic acids is 2. The molecule has 110 valence electrons. The number of nitrogens with one attached hydrogen (secondary N) is 2. The molecule has 2 N–H and O–H groups in total. The number of aryl methyl sites for hydroxylation is 1. The predicted molar refractivity (Wildman–Crippen MR) is 78.9 cm³/mol. The van der Waals surface area contributed by atoms with Gasteiger partial charge in [-0.05, 0) is 30.7 Å². The predicted octanol–water partition coefficient (Wildman–Crippen LogP) is 2.21. The maximum absolute atomic E-state index is 12.8. The lowest BCUT2D eigenvalue weighted by Crippen LogP contribution is -2.18. The molecule has 7 heteroatoms. The second-order valence-electron chi connectivity index (χ2n) is 4.28. The Kier molecular flexibility index (Phi) is 4.99. The van der Waals surface area contributed by atoms with Crippen LogP contribution in [0, 0.1) is 5.82 Å². The molecule has 2 amide bonds. The van der Waals surface area contributed by atoms with Crippen LogP contribution in [-0.4, -0.2) is 23.8 Å². The maximum atomic E-state index is 12.8. The molecule has 0 spiro atoms. The highest BCUT2D eigenvalue weighted by Crippen LogP contribution is 2.17. The van der Waals surface area contributed by atoms with Crippen molar-refractivity contribution in [2.45, 2.75) is 12.8 Å². The summed E-state index contributed by atoms with van der Waals surface area (Å²) in [7, 11) is 1.58. The summed E-state index contributed by atoms with van der Waals surface area (Å²) in [5.41, 5.74) is 1.11. The molecular weight excluding hydrogens is 293 g/mol. The number of carbonyl (C=O) groups is 2. The van der Waals surface area contributed by atoms with Crippen LogP contribution in [0.25, 0.3) is 0 Å². The van der Waals surface area contributed by atoms with Gasteiger partial charge in [0.1, 0.15) is 5.82 Å². The van der Waals surface area contributed by atoms with E-state index in [4.69, 9.17) is 0 Å². The third-order valence-electron chi connectivity index (χ3n) is 2.77. The Bertz CT molecular complexity index is 640. The number of anilines is 1. The van der Waals surface area contributed by atoms with E-state index in [1.54, 1.807) is 12.4 Å². The fraction of sp³-hybridized carbons (Fsp3) is 0.214. The van der Waals surface area contributed by atoms with Gasteiger partial charge in [0.05, 0.1) is 5.69 Å². The second-order valence-corrected chi connectivity index (χ2v) is 5.14. The molecule has 0 saturated heterocycles. The summed E-state index contributed by atoms with van der Waals surface area (Å²) >= 11 is 1.29. The third-order valence-corrected chi connectivity index (χ3v) is 3.57. The topological polar surface area (TPSA) is 71.1 Å². The largest absolute Gasteiger partial charge is 0.359 e. The zero-order valence-electron chi connectivity index (χ0n) is 11.4. The molecule has 0 aliphatic rings. The van der Waals surface area contributed by atoms with Gasteiger partial charge in [0.25, 0.3) is 5.91 Å². The van der Waals surface area contributed by atoms with Crippen molar-refractivity contribution in [3.8, 4) is 0 Å². The smallest absolute Gasteiger partial charge is 0.257 e. The average molecular weight is 307 g/mol. The Morgan fingerprint density at radius 1 is 1.29 bits per heavy atom. The van der Waals surface area contributed by atoms with Gasteiger partial charge >= 0.3 is 0 Å². The van der Waals surface area contributed by atoms with Crippen molar-refractivity contribution in [1.29, 1.82) is 0 Å². The molecule has 0 bridgehead atoms. The SMILES string of the molecule is CNC(=O)CCc1csc(NC(=O)c2ccc(F)cc2)n1. The van der Waals surface area contributed by atoms with Gasteiger partial charge in [0, 0.05) is 24.4 Å². The number of rotatable bonds is 5. The Hall–Kier alpha value is -2.28. The van der Waals surface area contributed by atoms with Crippen molar-refractivity contribution < 1.29 is 14.0 Å². The van der Waals surface area contributed by atoms with Gasteiger partial charge in [-0.2, -0.15) is 0 Å². The monoisotopic (exact) mass is 307 g/mol. The number of nitrogens with zero attached hydrogens (tertiary/aromatic N) is 1. The molecule has 0 aliphatic heterocycles. The lowest BCUT2D eigenvalue weighted by atomic mass is 10.2. The van der Waals surface area contributed by atoms with E-state index in [0.717, 1.165) is 5.69 Å². The minimum Gasteiger partial charge on any atom is -0.359 e. The molecule has 21 heavy (non-hydrogen) atoms. The van der Waals surface area contributed by atoms with E-state index in [0.29, 0.717) is 23.5 Å². The average Bonchev–Trinajstić information content (AvgIpc) is 2.93. The molecule has 0 atom stereocenters. The third kappa shape index (κ3) is 4.35. The second kappa shape index (κ2) is 6.94. The molecule has 0 unspecified atom stereocenters. The number of amides is 2. The highest BCUT2D eigenvalue weighted by molar-refractivity contribution is 7.13. The lowest BCUT2D eigenvalue weighted by molar-refractivity contribution is -0.120. The summed E-state index contributed by atoms with van der Waals surface area (Å²) < 4.78 is 12.8. The molecule has 1 aromatic heterocycles. The molecule has 2 aromatic rings. The first kappa shape index (κ1) is 15.1. The van der Waals surface area contributed by atoms with E-state index in [1.165, 1.54) is 35.6 Å². The number of hydrogen-bond acceptors (Lipinski definition) is 4. The quantitative estimate of drug-likeness (QED) is 0.889. The molecule has 1 aromatic carbocycles. The Morgan fingerprint density at radius 3 is 2.67 bits per heavy atom. The minimum absolute atomic E-state index is 0.0557. The Balaban J connectivity index is 1.94. The first-order valence-electron chi connectivity index (χ1n) is 6.30. The van der Waals surface area contributed by atoms with E-state index in [-0.39, 0.29) is 11.8 Å². The maximum Gasteiger partial charge on any atom is 0.257 e. The zero-order valence-corrected chi connectivity index (χ0v) is 12.2. The Morgan fingerprint density at radius 2 is 2.00 bits per heavy atom.